The van der Waals surface area contributed by atoms with Crippen molar-refractivity contribution >= 4 is 39.1 Å². The van der Waals surface area contributed by atoms with Gasteiger partial charge in [0, 0.05) is 43.9 Å². The van der Waals surface area contributed by atoms with E-state index >= 15 is 0 Å². The van der Waals surface area contributed by atoms with Gasteiger partial charge in [0.15, 0.2) is 0 Å². The molecule has 17 heavy (non-hydrogen) atoms. The van der Waals surface area contributed by atoms with Gasteiger partial charge in [-0.25, -0.2) is 0 Å². The summed E-state index contributed by atoms with van der Waals surface area (Å²) in [6, 6.07) is 0. The number of thioether (sulfide) groups is 1. The van der Waals surface area contributed by atoms with Crippen LogP contribution < -0.4 is 11.1 Å². The quantitative estimate of drug-likeness (QED) is 0.888. The van der Waals surface area contributed by atoms with Crippen LogP contribution in [0.5, 0.6) is 0 Å². The van der Waals surface area contributed by atoms with Crippen LogP contribution in [0.2, 0.25) is 0 Å². The average molecular weight is 317 g/mol. The Labute approximate surface area is 114 Å². The van der Waals surface area contributed by atoms with Crippen molar-refractivity contribution in [1.82, 2.24) is 9.88 Å². The number of anilines is 2. The lowest BCUT2D eigenvalue weighted by Gasteiger charge is -2.26. The van der Waals surface area contributed by atoms with Gasteiger partial charge in [-0.05, 0) is 15.9 Å². The van der Waals surface area contributed by atoms with Gasteiger partial charge >= 0.3 is 0 Å². The van der Waals surface area contributed by atoms with E-state index in [0.717, 1.165) is 23.2 Å². The van der Waals surface area contributed by atoms with Crippen LogP contribution in [0.1, 0.15) is 0 Å². The van der Waals surface area contributed by atoms with Crippen molar-refractivity contribution in [1.29, 1.82) is 0 Å². The van der Waals surface area contributed by atoms with E-state index in [-0.39, 0.29) is 0 Å². The Hall–Kier alpha value is -0.460. The molecule has 1 saturated heterocycles. The molecule has 0 saturated carbocycles. The van der Waals surface area contributed by atoms with E-state index in [4.69, 9.17) is 5.73 Å². The molecule has 0 radical (unpaired) electrons. The number of halogens is 1. The second-order valence-corrected chi connectivity index (χ2v) is 6.05. The first-order chi connectivity index (χ1) is 8.27. The number of hydrogen-bond acceptors (Lipinski definition) is 5. The third-order valence-electron chi connectivity index (χ3n) is 2.76. The van der Waals surface area contributed by atoms with Crippen LogP contribution in [0.4, 0.5) is 11.4 Å². The molecule has 1 aromatic heterocycles. The molecule has 3 N–H and O–H groups in total. The molecule has 6 heteroatoms. The topological polar surface area (TPSA) is 54.2 Å². The molecular formula is C11H17BrN4S. The fourth-order valence-electron chi connectivity index (χ4n) is 1.80. The summed E-state index contributed by atoms with van der Waals surface area (Å²) >= 11 is 5.49. The summed E-state index contributed by atoms with van der Waals surface area (Å²) in [6.45, 7) is 4.37. The lowest BCUT2D eigenvalue weighted by atomic mass is 10.3. The number of nitrogens with zero attached hydrogens (tertiary/aromatic N) is 2. The lowest BCUT2D eigenvalue weighted by Crippen LogP contribution is -2.36. The highest BCUT2D eigenvalue weighted by atomic mass is 79.9. The number of nitrogens with one attached hydrogen (secondary N) is 1. The average Bonchev–Trinajstić information content (AvgIpc) is 2.34. The minimum absolute atomic E-state index is 0.688. The van der Waals surface area contributed by atoms with Gasteiger partial charge in [-0.3, -0.25) is 9.88 Å². The molecule has 4 nitrogen and oxygen atoms in total. The van der Waals surface area contributed by atoms with Gasteiger partial charge in [0.1, 0.15) is 0 Å². The first-order valence-corrected chi connectivity index (χ1v) is 7.65. The summed E-state index contributed by atoms with van der Waals surface area (Å²) in [4.78, 5) is 6.50. The summed E-state index contributed by atoms with van der Waals surface area (Å²) in [6.07, 6.45) is 3.43. The molecule has 1 aliphatic rings. The van der Waals surface area contributed by atoms with Crippen molar-refractivity contribution < 1.29 is 0 Å². The molecule has 1 aromatic rings. The molecule has 0 aliphatic carbocycles. The highest BCUT2D eigenvalue weighted by Crippen LogP contribution is 2.26. The summed E-state index contributed by atoms with van der Waals surface area (Å²) in [7, 11) is 0. The van der Waals surface area contributed by atoms with Crippen molar-refractivity contribution in [3.63, 3.8) is 0 Å². The second-order valence-electron chi connectivity index (χ2n) is 3.97. The van der Waals surface area contributed by atoms with Crippen molar-refractivity contribution in [3.8, 4) is 0 Å². The molecule has 94 valence electrons. The molecule has 0 spiro atoms. The zero-order chi connectivity index (χ0) is 12.1. The maximum absolute atomic E-state index is 5.87. The van der Waals surface area contributed by atoms with Crippen LogP contribution in [0, 0.1) is 0 Å². The Morgan fingerprint density at radius 2 is 2.18 bits per heavy atom. The molecule has 2 heterocycles. The first-order valence-electron chi connectivity index (χ1n) is 5.70. The van der Waals surface area contributed by atoms with E-state index < -0.39 is 0 Å². The molecule has 1 fully saturated rings. The van der Waals surface area contributed by atoms with E-state index in [1.54, 1.807) is 12.4 Å². The number of hydrogen-bond donors (Lipinski definition) is 2. The van der Waals surface area contributed by atoms with E-state index in [0.29, 0.717) is 5.69 Å². The highest BCUT2D eigenvalue weighted by molar-refractivity contribution is 9.10. The van der Waals surface area contributed by atoms with E-state index in [2.05, 4.69) is 31.1 Å². The molecule has 0 atom stereocenters. The molecular weight excluding hydrogens is 300 g/mol. The standard InChI is InChI=1S/C11H17BrN4S/c12-9-7-14-8-10(13)11(9)15-1-2-16-3-5-17-6-4-16/h7-8H,1-6,13H2,(H,14,15). The molecule has 0 aromatic carbocycles. The van der Waals surface area contributed by atoms with Crippen LogP contribution in [0.15, 0.2) is 16.9 Å². The van der Waals surface area contributed by atoms with E-state index in [9.17, 15) is 0 Å². The van der Waals surface area contributed by atoms with Crippen molar-refractivity contribution in [3.05, 3.63) is 16.9 Å². The fourth-order valence-corrected chi connectivity index (χ4v) is 3.27. The number of rotatable bonds is 4. The fraction of sp³-hybridized carbons (Fsp3) is 0.545. The summed E-state index contributed by atoms with van der Waals surface area (Å²) in [5.41, 5.74) is 7.51. The molecule has 1 aliphatic heterocycles. The van der Waals surface area contributed by atoms with Gasteiger partial charge < -0.3 is 11.1 Å². The van der Waals surface area contributed by atoms with Gasteiger partial charge in [0.05, 0.1) is 22.0 Å². The Kier molecular flexibility index (Phi) is 4.94. The molecule has 0 bridgehead atoms. The monoisotopic (exact) mass is 316 g/mol. The van der Waals surface area contributed by atoms with Crippen molar-refractivity contribution in [2.45, 2.75) is 0 Å². The van der Waals surface area contributed by atoms with Crippen LogP contribution in [0.25, 0.3) is 0 Å². The first kappa shape index (κ1) is 13.0. The Morgan fingerprint density at radius 1 is 1.41 bits per heavy atom. The van der Waals surface area contributed by atoms with Crippen LogP contribution in [-0.2, 0) is 0 Å². The third kappa shape index (κ3) is 3.76. The van der Waals surface area contributed by atoms with Crippen LogP contribution in [0.3, 0.4) is 0 Å². The molecule has 0 amide bonds. The smallest absolute Gasteiger partial charge is 0.0750 e. The van der Waals surface area contributed by atoms with Gasteiger partial charge in [-0.15, -0.1) is 0 Å². The Balaban J connectivity index is 1.81. The Bertz CT molecular complexity index is 348. The van der Waals surface area contributed by atoms with Gasteiger partial charge in [-0.2, -0.15) is 11.8 Å². The summed E-state index contributed by atoms with van der Waals surface area (Å²) in [5, 5.41) is 3.37. The van der Waals surface area contributed by atoms with Crippen LogP contribution in [-0.4, -0.2) is 47.6 Å². The second kappa shape index (κ2) is 6.47. The number of nitrogen functional groups attached to an aromatic ring is 1. The number of pyridine rings is 1. The summed E-state index contributed by atoms with van der Waals surface area (Å²) in [5.74, 6) is 2.50. The minimum atomic E-state index is 0.688. The number of nitrogens with two attached hydrogens (primary N) is 1. The van der Waals surface area contributed by atoms with Gasteiger partial charge in [0.2, 0.25) is 0 Å². The SMILES string of the molecule is Nc1cncc(Br)c1NCCN1CCSCC1. The summed E-state index contributed by atoms with van der Waals surface area (Å²) < 4.78 is 0.923. The zero-order valence-corrected chi connectivity index (χ0v) is 12.1. The van der Waals surface area contributed by atoms with E-state index in [1.165, 1.54) is 24.6 Å². The molecule has 0 unspecified atom stereocenters. The van der Waals surface area contributed by atoms with Crippen molar-refractivity contribution in [2.24, 2.45) is 0 Å². The maximum Gasteiger partial charge on any atom is 0.0750 e. The van der Waals surface area contributed by atoms with Crippen LogP contribution >= 0.6 is 27.7 Å². The van der Waals surface area contributed by atoms with Crippen molar-refractivity contribution in [2.75, 3.05) is 48.7 Å². The normalized spacial score (nSPS) is 17.0. The Morgan fingerprint density at radius 3 is 2.88 bits per heavy atom. The van der Waals surface area contributed by atoms with Gasteiger partial charge in [-0.1, -0.05) is 0 Å². The molecule has 2 rings (SSSR count). The lowest BCUT2D eigenvalue weighted by molar-refractivity contribution is 0.314. The predicted molar refractivity (Wildman–Crippen MR) is 78.6 cm³/mol. The van der Waals surface area contributed by atoms with E-state index in [1.807, 2.05) is 11.8 Å². The predicted octanol–water partition coefficient (Wildman–Crippen LogP) is 1.89. The van der Waals surface area contributed by atoms with Gasteiger partial charge in [0.25, 0.3) is 0 Å². The zero-order valence-electron chi connectivity index (χ0n) is 9.66. The number of aromatic nitrogens is 1. The maximum atomic E-state index is 5.87. The minimum Gasteiger partial charge on any atom is -0.396 e. The largest absolute Gasteiger partial charge is 0.396 e. The third-order valence-corrected chi connectivity index (χ3v) is 4.31. The highest BCUT2D eigenvalue weighted by Gasteiger charge is 2.10.